The van der Waals surface area contributed by atoms with E-state index in [1.54, 1.807) is 13.0 Å². The van der Waals surface area contributed by atoms with Crippen molar-refractivity contribution in [2.75, 3.05) is 13.6 Å². The maximum Gasteiger partial charge on any atom is 0.184 e. The van der Waals surface area contributed by atoms with Crippen molar-refractivity contribution in [2.45, 2.75) is 26.3 Å². The molecule has 0 saturated carbocycles. The van der Waals surface area contributed by atoms with Crippen LogP contribution in [0.1, 0.15) is 20.3 Å². The van der Waals surface area contributed by atoms with Gasteiger partial charge in [-0.3, -0.25) is 4.79 Å². The molecular weight excluding hydrogens is 204 g/mol. The fourth-order valence-corrected chi connectivity index (χ4v) is 1.88. The minimum absolute atomic E-state index is 0.0152. The highest BCUT2D eigenvalue weighted by molar-refractivity contribution is 5.97. The van der Waals surface area contributed by atoms with E-state index >= 15 is 0 Å². The largest absolute Gasteiger partial charge is 0.368 e. The van der Waals surface area contributed by atoms with Gasteiger partial charge in [-0.2, -0.15) is 4.91 Å². The lowest BCUT2D eigenvalue weighted by Gasteiger charge is -2.26. The predicted octanol–water partition coefficient (Wildman–Crippen LogP) is 2.12. The molecule has 0 aromatic carbocycles. The zero-order valence-corrected chi connectivity index (χ0v) is 10.0. The number of rotatable bonds is 5. The molecule has 0 aromatic heterocycles. The van der Waals surface area contributed by atoms with Crippen molar-refractivity contribution in [3.63, 3.8) is 0 Å². The number of Topliss-reactive ketones (excluding diaryl/α,β-unsaturated/α-hetero) is 1. The molecule has 0 N–H and O–H groups in total. The van der Waals surface area contributed by atoms with E-state index < -0.39 is 6.04 Å². The molecule has 1 aliphatic rings. The Kier molecular flexibility index (Phi) is 4.40. The molecule has 0 spiro atoms. The highest BCUT2D eigenvalue weighted by atomic mass is 16.3. The van der Waals surface area contributed by atoms with E-state index in [1.807, 2.05) is 31.0 Å². The topological polar surface area (TPSA) is 49.7 Å². The fourth-order valence-electron chi connectivity index (χ4n) is 1.88. The molecule has 0 aromatic rings. The lowest BCUT2D eigenvalue weighted by molar-refractivity contribution is -0.121. The van der Waals surface area contributed by atoms with Gasteiger partial charge < -0.3 is 4.90 Å². The van der Waals surface area contributed by atoms with Crippen LogP contribution in [0.15, 0.2) is 29.1 Å². The summed E-state index contributed by atoms with van der Waals surface area (Å²) < 4.78 is 0. The molecule has 1 aliphatic heterocycles. The molecule has 1 rings (SSSR count). The summed E-state index contributed by atoms with van der Waals surface area (Å²) in [5.41, 5.74) is 0.671. The lowest BCUT2D eigenvalue weighted by atomic mass is 9.91. The minimum atomic E-state index is -0.460. The number of ketones is 1. The van der Waals surface area contributed by atoms with Gasteiger partial charge >= 0.3 is 0 Å². The second-order valence-electron chi connectivity index (χ2n) is 4.09. The molecule has 0 aliphatic carbocycles. The summed E-state index contributed by atoms with van der Waals surface area (Å²) in [7, 11) is 1.87. The van der Waals surface area contributed by atoms with Crippen LogP contribution in [-0.4, -0.2) is 30.3 Å². The van der Waals surface area contributed by atoms with Crippen LogP contribution in [0.5, 0.6) is 0 Å². The summed E-state index contributed by atoms with van der Waals surface area (Å²) in [5, 5.41) is 2.97. The molecule has 1 heterocycles. The average Bonchev–Trinajstić information content (AvgIpc) is 2.30. The Hall–Kier alpha value is -1.45. The van der Waals surface area contributed by atoms with Crippen molar-refractivity contribution >= 4 is 5.78 Å². The van der Waals surface area contributed by atoms with E-state index in [0.717, 1.165) is 6.54 Å². The Labute approximate surface area is 96.0 Å². The number of nitroso groups, excluding NO2 is 1. The predicted molar refractivity (Wildman–Crippen MR) is 63.9 cm³/mol. The SMILES string of the molecule is CCC(C(=O)C1=CC=CCN1C)C(C)N=O. The standard InChI is InChI=1S/C12H18N2O2/c1-4-10(9(2)13-16)12(15)11-7-5-6-8-14(11)3/h5-7,9-10H,4,8H2,1-3H3. The van der Waals surface area contributed by atoms with Crippen LogP contribution < -0.4 is 0 Å². The second kappa shape index (κ2) is 5.58. The molecule has 0 bridgehead atoms. The Balaban J connectivity index is 2.86. The van der Waals surface area contributed by atoms with Crippen LogP contribution in [0.3, 0.4) is 0 Å². The van der Waals surface area contributed by atoms with Gasteiger partial charge in [-0.1, -0.05) is 24.3 Å². The van der Waals surface area contributed by atoms with Crippen LogP contribution in [0, 0.1) is 10.8 Å². The number of hydrogen-bond acceptors (Lipinski definition) is 4. The first-order valence-corrected chi connectivity index (χ1v) is 5.56. The number of allylic oxidation sites excluding steroid dienone is 3. The third-order valence-electron chi connectivity index (χ3n) is 2.96. The first-order chi connectivity index (χ1) is 7.61. The van der Waals surface area contributed by atoms with Crippen LogP contribution in [0.25, 0.3) is 0 Å². The van der Waals surface area contributed by atoms with E-state index in [0.29, 0.717) is 12.1 Å². The quantitative estimate of drug-likeness (QED) is 0.669. The zero-order chi connectivity index (χ0) is 12.1. The summed E-state index contributed by atoms with van der Waals surface area (Å²) in [4.78, 5) is 24.6. The van der Waals surface area contributed by atoms with E-state index in [4.69, 9.17) is 0 Å². The molecule has 4 nitrogen and oxygen atoms in total. The third-order valence-corrected chi connectivity index (χ3v) is 2.96. The molecule has 0 fully saturated rings. The molecule has 0 radical (unpaired) electrons. The molecule has 2 unspecified atom stereocenters. The fraction of sp³-hybridized carbons (Fsp3) is 0.583. The average molecular weight is 222 g/mol. The molecule has 2 atom stereocenters. The normalized spacial score (nSPS) is 18.9. The van der Waals surface area contributed by atoms with Crippen molar-refractivity contribution in [3.8, 4) is 0 Å². The molecule has 16 heavy (non-hydrogen) atoms. The van der Waals surface area contributed by atoms with Crippen molar-refractivity contribution in [3.05, 3.63) is 28.8 Å². The maximum atomic E-state index is 12.2. The van der Waals surface area contributed by atoms with E-state index in [-0.39, 0.29) is 11.7 Å². The van der Waals surface area contributed by atoms with Gasteiger partial charge in [-0.25, -0.2) is 0 Å². The van der Waals surface area contributed by atoms with E-state index in [9.17, 15) is 9.70 Å². The van der Waals surface area contributed by atoms with Gasteiger partial charge in [0.05, 0.1) is 11.7 Å². The second-order valence-corrected chi connectivity index (χ2v) is 4.09. The van der Waals surface area contributed by atoms with Gasteiger partial charge in [0.1, 0.15) is 0 Å². The van der Waals surface area contributed by atoms with Gasteiger partial charge in [0.25, 0.3) is 0 Å². The van der Waals surface area contributed by atoms with Crippen LogP contribution in [0.4, 0.5) is 0 Å². The van der Waals surface area contributed by atoms with Crippen molar-refractivity contribution < 1.29 is 4.79 Å². The number of carbonyl (C=O) groups is 1. The van der Waals surface area contributed by atoms with E-state index in [2.05, 4.69) is 5.18 Å². The van der Waals surface area contributed by atoms with Crippen molar-refractivity contribution in [1.82, 2.24) is 4.90 Å². The number of carbonyl (C=O) groups excluding carboxylic acids is 1. The van der Waals surface area contributed by atoms with Crippen LogP contribution in [-0.2, 0) is 4.79 Å². The molecule has 4 heteroatoms. The van der Waals surface area contributed by atoms with Gasteiger partial charge in [0.15, 0.2) is 5.78 Å². The third kappa shape index (κ3) is 2.56. The van der Waals surface area contributed by atoms with Gasteiger partial charge in [-0.05, 0) is 19.4 Å². The zero-order valence-electron chi connectivity index (χ0n) is 10.0. The Bertz CT molecular complexity index is 334. The first kappa shape index (κ1) is 12.6. The highest BCUT2D eigenvalue weighted by Gasteiger charge is 2.28. The summed E-state index contributed by atoms with van der Waals surface area (Å²) in [5.74, 6) is -0.292. The summed E-state index contributed by atoms with van der Waals surface area (Å²) in [6.45, 7) is 4.33. The Morgan fingerprint density at radius 2 is 2.31 bits per heavy atom. The summed E-state index contributed by atoms with van der Waals surface area (Å²) in [6, 6.07) is -0.460. The van der Waals surface area contributed by atoms with E-state index in [1.165, 1.54) is 0 Å². The van der Waals surface area contributed by atoms with Crippen LogP contribution >= 0.6 is 0 Å². The summed E-state index contributed by atoms with van der Waals surface area (Å²) >= 11 is 0. The maximum absolute atomic E-state index is 12.2. The smallest absolute Gasteiger partial charge is 0.184 e. The van der Waals surface area contributed by atoms with Gasteiger partial charge in [0, 0.05) is 19.5 Å². The number of hydrogen-bond donors (Lipinski definition) is 0. The molecule has 88 valence electrons. The van der Waals surface area contributed by atoms with Crippen molar-refractivity contribution in [2.24, 2.45) is 11.1 Å². The molecular formula is C12H18N2O2. The van der Waals surface area contributed by atoms with Crippen molar-refractivity contribution in [1.29, 1.82) is 0 Å². The molecule has 0 amide bonds. The molecule has 0 saturated heterocycles. The van der Waals surface area contributed by atoms with Gasteiger partial charge in [0.2, 0.25) is 0 Å². The first-order valence-electron chi connectivity index (χ1n) is 5.56. The Morgan fingerprint density at radius 1 is 1.62 bits per heavy atom. The Morgan fingerprint density at radius 3 is 2.81 bits per heavy atom. The number of nitrogens with zero attached hydrogens (tertiary/aromatic N) is 2. The monoisotopic (exact) mass is 222 g/mol. The summed E-state index contributed by atoms with van der Waals surface area (Å²) in [6.07, 6.45) is 6.30. The van der Waals surface area contributed by atoms with Gasteiger partial charge in [-0.15, -0.1) is 0 Å². The minimum Gasteiger partial charge on any atom is -0.368 e. The van der Waals surface area contributed by atoms with Crippen LogP contribution in [0.2, 0.25) is 0 Å². The number of likely N-dealkylation sites (N-methyl/N-ethyl adjacent to an activating group) is 1. The highest BCUT2D eigenvalue weighted by Crippen LogP contribution is 2.20. The lowest BCUT2D eigenvalue weighted by Crippen LogP contribution is -2.33.